The van der Waals surface area contributed by atoms with Crippen molar-refractivity contribution in [2.75, 3.05) is 36.0 Å². The first-order valence-electron chi connectivity index (χ1n) is 13.8. The highest BCUT2D eigenvalue weighted by Crippen LogP contribution is 2.50. The minimum Gasteiger partial charge on any atom is -0.390 e. The molecule has 4 N–H and O–H groups in total. The van der Waals surface area contributed by atoms with E-state index >= 15 is 0 Å². The molecule has 212 valence electrons. The number of aliphatic hydroxyl groups is 2. The highest BCUT2D eigenvalue weighted by atomic mass is 35.5. The number of aromatic nitrogens is 4. The van der Waals surface area contributed by atoms with Crippen molar-refractivity contribution in [2.45, 2.75) is 68.2 Å². The van der Waals surface area contributed by atoms with Crippen LogP contribution in [0.5, 0.6) is 0 Å². The average molecular weight is 582 g/mol. The summed E-state index contributed by atoms with van der Waals surface area (Å²) in [7, 11) is 0. The monoisotopic (exact) mass is 581 g/mol. The van der Waals surface area contributed by atoms with Crippen molar-refractivity contribution >= 4 is 35.0 Å². The molecule has 0 amide bonds. The number of hydrogen-bond acceptors (Lipinski definition) is 10. The number of hydrogen-bond donors (Lipinski definition) is 3. The highest BCUT2D eigenvalue weighted by Gasteiger charge is 2.47. The molecule has 40 heavy (non-hydrogen) atoms. The maximum absolute atomic E-state index is 10.3. The second-order valence-electron chi connectivity index (χ2n) is 11.9. The number of nitrogens with zero attached hydrogens (tertiary/aromatic N) is 6. The van der Waals surface area contributed by atoms with E-state index in [9.17, 15) is 10.2 Å². The predicted molar refractivity (Wildman–Crippen MR) is 157 cm³/mol. The van der Waals surface area contributed by atoms with Gasteiger partial charge in [-0.05, 0) is 63.1 Å². The van der Waals surface area contributed by atoms with Gasteiger partial charge in [0, 0.05) is 61.1 Å². The lowest BCUT2D eigenvalue weighted by atomic mass is 9.73. The topological polar surface area (TPSA) is 125 Å². The maximum Gasteiger partial charge on any atom is 0.153 e. The first-order valence-corrected chi connectivity index (χ1v) is 15.0. The van der Waals surface area contributed by atoms with E-state index in [-0.39, 0.29) is 24.0 Å². The first-order chi connectivity index (χ1) is 19.1. The Balaban J connectivity index is 1.18. The van der Waals surface area contributed by atoms with E-state index in [2.05, 4.69) is 25.8 Å². The van der Waals surface area contributed by atoms with Crippen molar-refractivity contribution < 1.29 is 10.2 Å². The van der Waals surface area contributed by atoms with Gasteiger partial charge in [-0.15, -0.1) is 0 Å². The number of pyridine rings is 2. The smallest absolute Gasteiger partial charge is 0.153 e. The van der Waals surface area contributed by atoms with E-state index in [0.29, 0.717) is 34.6 Å². The number of fused-ring (bicyclic) bond motifs is 1. The molecule has 9 nitrogen and oxygen atoms in total. The van der Waals surface area contributed by atoms with E-state index in [1.54, 1.807) is 6.20 Å². The van der Waals surface area contributed by atoms with Gasteiger partial charge in [0.15, 0.2) is 5.82 Å². The molecule has 0 radical (unpaired) electrons. The summed E-state index contributed by atoms with van der Waals surface area (Å²) in [5.74, 6) is 1.62. The third-order valence-corrected chi connectivity index (χ3v) is 10.6. The molecule has 0 unspecified atom stereocenters. The molecule has 0 aromatic carbocycles. The Bertz CT molecular complexity index is 1420. The van der Waals surface area contributed by atoms with Crippen molar-refractivity contribution in [2.24, 2.45) is 17.1 Å². The summed E-state index contributed by atoms with van der Waals surface area (Å²) in [5, 5.41) is 21.8. The summed E-state index contributed by atoms with van der Waals surface area (Å²) >= 11 is 8.24. The molecule has 2 saturated heterocycles. The van der Waals surface area contributed by atoms with Crippen LogP contribution in [-0.4, -0.2) is 61.9 Å². The Morgan fingerprint density at radius 3 is 2.52 bits per heavy atom. The predicted octanol–water partition coefficient (Wildman–Crippen LogP) is 3.92. The molecule has 3 aromatic rings. The summed E-state index contributed by atoms with van der Waals surface area (Å²) in [6, 6.07) is 5.95. The molecule has 3 aliphatic rings. The van der Waals surface area contributed by atoms with E-state index < -0.39 is 5.60 Å². The van der Waals surface area contributed by atoms with Crippen LogP contribution in [0.15, 0.2) is 40.5 Å². The maximum atomic E-state index is 10.3. The van der Waals surface area contributed by atoms with Crippen LogP contribution in [0.4, 0.5) is 11.6 Å². The first kappa shape index (κ1) is 27.7. The van der Waals surface area contributed by atoms with Crippen molar-refractivity contribution in [1.29, 1.82) is 0 Å². The third-order valence-electron chi connectivity index (χ3n) is 8.95. The van der Waals surface area contributed by atoms with Crippen molar-refractivity contribution in [3.63, 3.8) is 0 Å². The molecule has 2 fully saturated rings. The number of aryl methyl sites for hydroxylation is 1. The molecule has 6 rings (SSSR count). The van der Waals surface area contributed by atoms with Gasteiger partial charge in [0.05, 0.1) is 22.9 Å². The molecule has 0 saturated carbocycles. The van der Waals surface area contributed by atoms with Gasteiger partial charge in [-0.2, -0.15) is 0 Å². The second-order valence-corrected chi connectivity index (χ2v) is 13.3. The number of halogens is 1. The van der Waals surface area contributed by atoms with Gasteiger partial charge in [0.1, 0.15) is 16.5 Å². The van der Waals surface area contributed by atoms with E-state index in [1.807, 2.05) is 39.1 Å². The third kappa shape index (κ3) is 4.83. The van der Waals surface area contributed by atoms with Crippen LogP contribution in [0.3, 0.4) is 0 Å². The Morgan fingerprint density at radius 2 is 1.85 bits per heavy atom. The van der Waals surface area contributed by atoms with Crippen molar-refractivity contribution in [3.8, 4) is 0 Å². The largest absolute Gasteiger partial charge is 0.390 e. The SMILES string of the molecule is Cc1nc(N2CCC3(CC2)Cc2ncccc2[C@H]3N)c(CO)nc1Sc1ccnc(N2CC(C(C)(C)O)C2)c1Cl. The summed E-state index contributed by atoms with van der Waals surface area (Å²) < 4.78 is 0. The van der Waals surface area contributed by atoms with Crippen molar-refractivity contribution in [1.82, 2.24) is 19.9 Å². The van der Waals surface area contributed by atoms with Crippen LogP contribution in [0.25, 0.3) is 0 Å². The zero-order valence-corrected chi connectivity index (χ0v) is 24.7. The number of nitrogens with two attached hydrogens (primary N) is 1. The fourth-order valence-corrected chi connectivity index (χ4v) is 7.42. The van der Waals surface area contributed by atoms with Crippen LogP contribution in [0.2, 0.25) is 5.02 Å². The summed E-state index contributed by atoms with van der Waals surface area (Å²) in [6.07, 6.45) is 6.38. The van der Waals surface area contributed by atoms with E-state index in [1.165, 1.54) is 17.3 Å². The molecule has 5 heterocycles. The highest BCUT2D eigenvalue weighted by molar-refractivity contribution is 7.99. The molecule has 1 spiro atoms. The average Bonchev–Trinajstić information content (AvgIpc) is 3.17. The molecule has 11 heteroatoms. The van der Waals surface area contributed by atoms with Gasteiger partial charge in [-0.25, -0.2) is 15.0 Å². The van der Waals surface area contributed by atoms with Crippen molar-refractivity contribution in [3.05, 3.63) is 58.3 Å². The van der Waals surface area contributed by atoms with E-state index in [0.717, 1.165) is 54.5 Å². The second kappa shape index (κ2) is 10.4. The molecule has 2 aliphatic heterocycles. The minimum atomic E-state index is -0.731. The molecule has 0 bridgehead atoms. The van der Waals surface area contributed by atoms with Crippen LogP contribution in [-0.2, 0) is 13.0 Å². The van der Waals surface area contributed by atoms with Crippen LogP contribution in [0.1, 0.15) is 55.4 Å². The normalized spacial score (nSPS) is 20.6. The van der Waals surface area contributed by atoms with Gasteiger partial charge in [0.2, 0.25) is 0 Å². The Hall–Kier alpha value is -2.50. The fourth-order valence-electron chi connectivity index (χ4n) is 6.20. The Kier molecular flexibility index (Phi) is 7.19. The Labute approximate surface area is 244 Å². The molecule has 1 aliphatic carbocycles. The number of aliphatic hydroxyl groups excluding tert-OH is 1. The molecular weight excluding hydrogens is 546 g/mol. The molecule has 1 atom stereocenters. The van der Waals surface area contributed by atoms with Crippen LogP contribution >= 0.6 is 23.4 Å². The standard InChI is InChI=1S/C29H36ClN7O2S/c1-17-27(40-22-6-10-33-26(23(22)30)37-14-18(15-37)28(2,3)39)35-21(16-38)25(34-17)36-11-7-29(8-12-36)13-20-19(24(29)31)5-4-9-32-20/h4-6,9-10,18,24,38-39H,7-8,11-16,31H2,1-3H3/t24-/m1/s1. The number of piperidine rings is 1. The zero-order chi connectivity index (χ0) is 28.2. The van der Waals surface area contributed by atoms with Gasteiger partial charge in [-0.3, -0.25) is 4.98 Å². The summed E-state index contributed by atoms with van der Waals surface area (Å²) in [4.78, 5) is 24.0. The lowest BCUT2D eigenvalue weighted by Crippen LogP contribution is -2.56. The number of anilines is 2. The lowest BCUT2D eigenvalue weighted by molar-refractivity contribution is 0.00438. The minimum absolute atomic E-state index is 0.00506. The van der Waals surface area contributed by atoms with Gasteiger partial charge in [0.25, 0.3) is 0 Å². The lowest BCUT2D eigenvalue weighted by Gasteiger charge is -2.46. The molecule has 3 aromatic heterocycles. The number of rotatable bonds is 6. The summed E-state index contributed by atoms with van der Waals surface area (Å²) in [6.45, 7) is 8.43. The van der Waals surface area contributed by atoms with Gasteiger partial charge < -0.3 is 25.7 Å². The quantitative estimate of drug-likeness (QED) is 0.394. The van der Waals surface area contributed by atoms with Crippen LogP contribution < -0.4 is 15.5 Å². The molecular formula is C29H36ClN7O2S. The van der Waals surface area contributed by atoms with Crippen LogP contribution in [0, 0.1) is 18.3 Å². The fraction of sp³-hybridized carbons (Fsp3) is 0.517. The summed E-state index contributed by atoms with van der Waals surface area (Å²) in [5.41, 5.74) is 9.67. The van der Waals surface area contributed by atoms with Gasteiger partial charge >= 0.3 is 0 Å². The zero-order valence-electron chi connectivity index (χ0n) is 23.1. The van der Waals surface area contributed by atoms with Gasteiger partial charge in [-0.1, -0.05) is 29.4 Å². The van der Waals surface area contributed by atoms with E-state index in [4.69, 9.17) is 27.3 Å². The Morgan fingerprint density at radius 1 is 1.10 bits per heavy atom.